The Morgan fingerprint density at radius 3 is 2.58 bits per heavy atom. The molecule has 4 nitrogen and oxygen atoms in total. The van der Waals surface area contributed by atoms with Crippen LogP contribution >= 0.6 is 0 Å². The summed E-state index contributed by atoms with van der Waals surface area (Å²) in [5.74, 6) is -0.306. The number of pyridine rings is 1. The van der Waals surface area contributed by atoms with Gasteiger partial charge < -0.3 is 9.64 Å². The lowest BCUT2D eigenvalue weighted by molar-refractivity contribution is -0.345. The Morgan fingerprint density at radius 2 is 1.88 bits per heavy atom. The number of nitrogens with one attached hydrogen (secondary N) is 1. The minimum absolute atomic E-state index is 0.306. The maximum Gasteiger partial charge on any atom is 0.346 e. The number of anilines is 1. The molecule has 0 bridgehead atoms. The van der Waals surface area contributed by atoms with E-state index in [4.69, 9.17) is 4.74 Å². The number of nitrogens with zero attached hydrogens (tertiary/aromatic N) is 1. The second-order valence-corrected chi connectivity index (χ2v) is 6.62. The number of rotatable bonds is 5. The predicted octanol–water partition coefficient (Wildman–Crippen LogP) is 4.08. The molecule has 1 N–H and O–H groups in total. The van der Waals surface area contributed by atoms with Crippen LogP contribution in [0.4, 0.5) is 5.69 Å². The van der Waals surface area contributed by atoms with E-state index in [1.54, 1.807) is 6.20 Å². The van der Waals surface area contributed by atoms with E-state index in [1.807, 2.05) is 32.2 Å². The number of aryl methyl sites for hydroxylation is 2. The van der Waals surface area contributed by atoms with E-state index in [0.29, 0.717) is 18.7 Å². The van der Waals surface area contributed by atoms with Crippen molar-refractivity contribution in [2.75, 3.05) is 18.6 Å². The molecule has 0 fully saturated rings. The molecule has 2 aromatic carbocycles. The Kier molecular flexibility index (Phi) is 5.21. The maximum atomic E-state index is 12.6. The number of carbonyl (C=O) groups excluding carboxylic acids is 1. The van der Waals surface area contributed by atoms with Gasteiger partial charge in [0.2, 0.25) is 5.52 Å². The van der Waals surface area contributed by atoms with E-state index in [1.165, 1.54) is 11.1 Å². The number of fused-ring (bicyclic) bond motifs is 1. The standard InChI is InChI=1S/C22H24N2O2/c1-5-26-22(25)19-13-23-20-16(3)11-15(2)12-18(20)21(19)24(4)14-17-9-7-6-8-10-17/h6-13H,5,14H2,1-4H3/p+1. The van der Waals surface area contributed by atoms with Crippen molar-refractivity contribution in [3.8, 4) is 0 Å². The largest absolute Gasteiger partial charge is 0.462 e. The van der Waals surface area contributed by atoms with Gasteiger partial charge in [-0.3, -0.25) is 0 Å². The van der Waals surface area contributed by atoms with Crippen LogP contribution in [0.1, 0.15) is 34.0 Å². The molecule has 0 atom stereocenters. The van der Waals surface area contributed by atoms with Crippen molar-refractivity contribution in [1.29, 1.82) is 0 Å². The topological polar surface area (TPSA) is 43.7 Å². The van der Waals surface area contributed by atoms with Crippen LogP contribution in [-0.4, -0.2) is 19.6 Å². The molecular weight excluding hydrogens is 324 g/mol. The van der Waals surface area contributed by atoms with Gasteiger partial charge in [0, 0.05) is 19.2 Å². The molecule has 0 aliphatic heterocycles. The first-order chi connectivity index (χ1) is 12.5. The fraction of sp³-hybridized carbons (Fsp3) is 0.273. The molecule has 0 unspecified atom stereocenters. The summed E-state index contributed by atoms with van der Waals surface area (Å²) in [7, 11) is 2.02. The van der Waals surface area contributed by atoms with Crippen LogP contribution in [0.5, 0.6) is 0 Å². The van der Waals surface area contributed by atoms with Gasteiger partial charge in [0.15, 0.2) is 6.20 Å². The Hall–Kier alpha value is -2.88. The molecule has 3 rings (SSSR count). The monoisotopic (exact) mass is 349 g/mol. The number of hydrogen-bond donors (Lipinski definition) is 0. The summed E-state index contributed by atoms with van der Waals surface area (Å²) in [4.78, 5) is 18.0. The Balaban J connectivity index is 2.17. The third-order valence-corrected chi connectivity index (χ3v) is 4.49. The lowest BCUT2D eigenvalue weighted by atomic mass is 10.0. The van der Waals surface area contributed by atoms with E-state index < -0.39 is 0 Å². The summed E-state index contributed by atoms with van der Waals surface area (Å²) in [5.41, 5.74) is 6.01. The van der Waals surface area contributed by atoms with E-state index in [2.05, 4.69) is 48.0 Å². The fourth-order valence-electron chi connectivity index (χ4n) is 3.42. The normalized spacial score (nSPS) is 10.8. The van der Waals surface area contributed by atoms with Crippen LogP contribution in [0.15, 0.2) is 48.7 Å². The van der Waals surface area contributed by atoms with E-state index >= 15 is 0 Å². The number of carbonyl (C=O) groups is 1. The molecule has 4 heteroatoms. The zero-order chi connectivity index (χ0) is 18.7. The highest BCUT2D eigenvalue weighted by Crippen LogP contribution is 2.31. The minimum atomic E-state index is -0.306. The third kappa shape index (κ3) is 3.54. The number of ether oxygens (including phenoxy) is 1. The first-order valence-corrected chi connectivity index (χ1v) is 8.89. The van der Waals surface area contributed by atoms with Crippen molar-refractivity contribution < 1.29 is 14.5 Å². The number of esters is 1. The lowest BCUT2D eigenvalue weighted by Crippen LogP contribution is -2.23. The summed E-state index contributed by atoms with van der Waals surface area (Å²) < 4.78 is 5.29. The second kappa shape index (κ2) is 7.56. The molecule has 1 heterocycles. The van der Waals surface area contributed by atoms with E-state index in [9.17, 15) is 4.79 Å². The molecule has 1 aromatic heterocycles. The van der Waals surface area contributed by atoms with Gasteiger partial charge in [0.1, 0.15) is 5.56 Å². The summed E-state index contributed by atoms with van der Waals surface area (Å²) in [6, 6.07) is 14.5. The number of aromatic nitrogens is 1. The number of aromatic amines is 1. The van der Waals surface area contributed by atoms with Gasteiger partial charge in [-0.25, -0.2) is 9.78 Å². The van der Waals surface area contributed by atoms with Gasteiger partial charge in [-0.15, -0.1) is 0 Å². The highest BCUT2D eigenvalue weighted by Gasteiger charge is 2.24. The van der Waals surface area contributed by atoms with Crippen molar-refractivity contribution in [2.24, 2.45) is 0 Å². The SMILES string of the molecule is CCOC(=O)c1c[nH+]c2c(C)cc(C)cc2c1N(C)Cc1ccccc1. The van der Waals surface area contributed by atoms with Gasteiger partial charge in [0.05, 0.1) is 17.7 Å². The van der Waals surface area contributed by atoms with Crippen LogP contribution in [0.25, 0.3) is 10.9 Å². The Labute approximate surface area is 154 Å². The summed E-state index contributed by atoms with van der Waals surface area (Å²) in [6.45, 7) is 7.04. The molecule has 0 radical (unpaired) electrons. The average Bonchev–Trinajstić information content (AvgIpc) is 2.61. The highest BCUT2D eigenvalue weighted by atomic mass is 16.5. The molecule has 0 saturated carbocycles. The van der Waals surface area contributed by atoms with E-state index in [0.717, 1.165) is 22.2 Å². The van der Waals surface area contributed by atoms with Gasteiger partial charge in [-0.1, -0.05) is 30.3 Å². The van der Waals surface area contributed by atoms with Gasteiger partial charge >= 0.3 is 5.97 Å². The molecule has 0 saturated heterocycles. The van der Waals surface area contributed by atoms with Crippen molar-refractivity contribution in [3.63, 3.8) is 0 Å². The summed E-state index contributed by atoms with van der Waals surface area (Å²) in [5, 5.41) is 1.03. The highest BCUT2D eigenvalue weighted by molar-refractivity contribution is 6.04. The summed E-state index contributed by atoms with van der Waals surface area (Å²) >= 11 is 0. The van der Waals surface area contributed by atoms with Crippen molar-refractivity contribution >= 4 is 22.6 Å². The van der Waals surface area contributed by atoms with Crippen molar-refractivity contribution in [2.45, 2.75) is 27.3 Å². The van der Waals surface area contributed by atoms with Gasteiger partial charge in [-0.05, 0) is 44.0 Å². The van der Waals surface area contributed by atoms with Crippen LogP contribution in [0, 0.1) is 13.8 Å². The molecule has 3 aromatic rings. The first-order valence-electron chi connectivity index (χ1n) is 8.89. The third-order valence-electron chi connectivity index (χ3n) is 4.49. The van der Waals surface area contributed by atoms with E-state index in [-0.39, 0.29) is 5.97 Å². The quantitative estimate of drug-likeness (QED) is 0.652. The minimum Gasteiger partial charge on any atom is -0.462 e. The summed E-state index contributed by atoms with van der Waals surface area (Å²) in [6.07, 6.45) is 1.76. The molecule has 0 aliphatic rings. The zero-order valence-electron chi connectivity index (χ0n) is 15.8. The van der Waals surface area contributed by atoms with Crippen LogP contribution in [-0.2, 0) is 11.3 Å². The number of H-pyrrole nitrogens is 1. The second-order valence-electron chi connectivity index (χ2n) is 6.62. The average molecular weight is 349 g/mol. The van der Waals surface area contributed by atoms with Crippen molar-refractivity contribution in [1.82, 2.24) is 0 Å². The lowest BCUT2D eigenvalue weighted by Gasteiger charge is -2.22. The molecule has 0 aliphatic carbocycles. The Morgan fingerprint density at radius 1 is 1.15 bits per heavy atom. The number of benzene rings is 2. The molecule has 0 spiro atoms. The molecular formula is C22H25N2O2+. The van der Waals surface area contributed by atoms with Gasteiger partial charge in [0.25, 0.3) is 0 Å². The smallest absolute Gasteiger partial charge is 0.346 e. The fourth-order valence-corrected chi connectivity index (χ4v) is 3.42. The zero-order valence-corrected chi connectivity index (χ0v) is 15.8. The Bertz CT molecular complexity index is 936. The molecule has 26 heavy (non-hydrogen) atoms. The van der Waals surface area contributed by atoms with Crippen LogP contribution in [0.2, 0.25) is 0 Å². The predicted molar refractivity (Wildman–Crippen MR) is 104 cm³/mol. The van der Waals surface area contributed by atoms with Gasteiger partial charge in [-0.2, -0.15) is 0 Å². The van der Waals surface area contributed by atoms with Crippen LogP contribution in [0.3, 0.4) is 0 Å². The van der Waals surface area contributed by atoms with Crippen molar-refractivity contribution in [3.05, 3.63) is 70.9 Å². The molecule has 0 amide bonds. The molecule has 134 valence electrons. The maximum absolute atomic E-state index is 12.6. The number of hydrogen-bond acceptors (Lipinski definition) is 3. The van der Waals surface area contributed by atoms with Crippen LogP contribution < -0.4 is 9.88 Å². The first kappa shape index (κ1) is 17.9.